The van der Waals surface area contributed by atoms with Crippen molar-refractivity contribution >= 4 is 21.6 Å². The van der Waals surface area contributed by atoms with Crippen LogP contribution in [0.4, 0.5) is 5.69 Å². The maximum atomic E-state index is 11.6. The van der Waals surface area contributed by atoms with Gasteiger partial charge in [-0.15, -0.1) is 0 Å². The summed E-state index contributed by atoms with van der Waals surface area (Å²) >= 11 is 0. The van der Waals surface area contributed by atoms with Gasteiger partial charge in [-0.25, -0.2) is 13.6 Å². The lowest BCUT2D eigenvalue weighted by Gasteiger charge is -2.04. The molecule has 7 nitrogen and oxygen atoms in total. The summed E-state index contributed by atoms with van der Waals surface area (Å²) < 4.78 is 22.1. The molecular formula is C10H10N4O3S. The molecule has 1 aromatic carbocycles. The van der Waals surface area contributed by atoms with Gasteiger partial charge in [-0.1, -0.05) is 0 Å². The lowest BCUT2D eigenvalue weighted by molar-refractivity contribution is 0.102. The van der Waals surface area contributed by atoms with Gasteiger partial charge in [-0.05, 0) is 30.3 Å². The third-order valence-electron chi connectivity index (χ3n) is 2.19. The van der Waals surface area contributed by atoms with E-state index in [0.717, 1.165) is 0 Å². The van der Waals surface area contributed by atoms with Gasteiger partial charge in [0.1, 0.15) is 5.69 Å². The van der Waals surface area contributed by atoms with Gasteiger partial charge in [0.25, 0.3) is 5.91 Å². The molecular weight excluding hydrogens is 256 g/mol. The standard InChI is InChI=1S/C10H10N4O3S/c11-18(16,17)8-3-1-7(2-4-8)13-10(15)9-5-6-12-14-9/h1-6H,(H,12,14)(H,13,15)(H2,11,16,17). The first kappa shape index (κ1) is 12.3. The number of hydrogen-bond donors (Lipinski definition) is 3. The van der Waals surface area contributed by atoms with E-state index in [-0.39, 0.29) is 10.8 Å². The van der Waals surface area contributed by atoms with E-state index < -0.39 is 10.0 Å². The van der Waals surface area contributed by atoms with Crippen LogP contribution in [0.3, 0.4) is 0 Å². The third kappa shape index (κ3) is 2.73. The van der Waals surface area contributed by atoms with Crippen molar-refractivity contribution in [3.63, 3.8) is 0 Å². The van der Waals surface area contributed by atoms with Crippen molar-refractivity contribution in [1.82, 2.24) is 10.2 Å². The Bertz CT molecular complexity index is 647. The molecule has 0 saturated heterocycles. The number of nitrogens with zero attached hydrogens (tertiary/aromatic N) is 1. The van der Waals surface area contributed by atoms with E-state index in [1.165, 1.54) is 36.5 Å². The highest BCUT2D eigenvalue weighted by atomic mass is 32.2. The van der Waals surface area contributed by atoms with Crippen molar-refractivity contribution in [2.45, 2.75) is 4.90 Å². The van der Waals surface area contributed by atoms with E-state index in [9.17, 15) is 13.2 Å². The average Bonchev–Trinajstić information content (AvgIpc) is 2.82. The highest BCUT2D eigenvalue weighted by Crippen LogP contribution is 2.13. The number of carbonyl (C=O) groups excluding carboxylic acids is 1. The van der Waals surface area contributed by atoms with Gasteiger partial charge in [-0.2, -0.15) is 5.10 Å². The van der Waals surface area contributed by atoms with Gasteiger partial charge in [0, 0.05) is 11.9 Å². The molecule has 0 saturated carbocycles. The zero-order valence-electron chi connectivity index (χ0n) is 9.12. The van der Waals surface area contributed by atoms with Crippen LogP contribution in [0.1, 0.15) is 10.5 Å². The van der Waals surface area contributed by atoms with E-state index in [0.29, 0.717) is 11.4 Å². The Labute approximate surface area is 103 Å². The Morgan fingerprint density at radius 3 is 2.39 bits per heavy atom. The smallest absolute Gasteiger partial charge is 0.273 e. The van der Waals surface area contributed by atoms with E-state index >= 15 is 0 Å². The van der Waals surface area contributed by atoms with Crippen molar-refractivity contribution in [3.05, 3.63) is 42.2 Å². The molecule has 0 bridgehead atoms. The molecule has 2 rings (SSSR count). The second-order valence-electron chi connectivity index (χ2n) is 3.49. The first-order valence-electron chi connectivity index (χ1n) is 4.90. The molecule has 0 aliphatic heterocycles. The van der Waals surface area contributed by atoms with Crippen LogP contribution in [0.2, 0.25) is 0 Å². The van der Waals surface area contributed by atoms with E-state index in [1.807, 2.05) is 0 Å². The molecule has 0 fully saturated rings. The molecule has 0 radical (unpaired) electrons. The molecule has 4 N–H and O–H groups in total. The number of aromatic nitrogens is 2. The molecule has 0 spiro atoms. The Morgan fingerprint density at radius 1 is 1.22 bits per heavy atom. The molecule has 1 heterocycles. The van der Waals surface area contributed by atoms with E-state index in [1.54, 1.807) is 0 Å². The summed E-state index contributed by atoms with van der Waals surface area (Å²) in [6, 6.07) is 7.06. The van der Waals surface area contributed by atoms with Crippen LogP contribution in [0.5, 0.6) is 0 Å². The van der Waals surface area contributed by atoms with Crippen LogP contribution < -0.4 is 10.5 Å². The fourth-order valence-electron chi connectivity index (χ4n) is 1.31. The van der Waals surface area contributed by atoms with Gasteiger partial charge in [0.2, 0.25) is 10.0 Å². The van der Waals surface area contributed by atoms with Crippen LogP contribution in [0, 0.1) is 0 Å². The van der Waals surface area contributed by atoms with Crippen molar-refractivity contribution in [1.29, 1.82) is 0 Å². The first-order chi connectivity index (χ1) is 8.47. The van der Waals surface area contributed by atoms with Crippen molar-refractivity contribution in [3.8, 4) is 0 Å². The number of sulfonamides is 1. The van der Waals surface area contributed by atoms with Gasteiger partial charge in [-0.3, -0.25) is 9.89 Å². The summed E-state index contributed by atoms with van der Waals surface area (Å²) in [7, 11) is -3.72. The lowest BCUT2D eigenvalue weighted by atomic mass is 10.3. The number of benzene rings is 1. The second kappa shape index (κ2) is 4.59. The molecule has 0 atom stereocenters. The zero-order valence-corrected chi connectivity index (χ0v) is 9.94. The SMILES string of the molecule is NS(=O)(=O)c1ccc(NC(=O)c2ccn[nH]2)cc1. The summed E-state index contributed by atoms with van der Waals surface area (Å²) in [6.45, 7) is 0. The minimum atomic E-state index is -3.72. The van der Waals surface area contributed by atoms with E-state index in [4.69, 9.17) is 5.14 Å². The Morgan fingerprint density at radius 2 is 1.89 bits per heavy atom. The van der Waals surface area contributed by atoms with Crippen molar-refractivity contribution < 1.29 is 13.2 Å². The van der Waals surface area contributed by atoms with Crippen LogP contribution in [0.15, 0.2) is 41.4 Å². The molecule has 1 amide bonds. The number of nitrogens with two attached hydrogens (primary N) is 1. The molecule has 0 aliphatic rings. The number of H-pyrrole nitrogens is 1. The number of amides is 1. The number of primary sulfonamides is 1. The van der Waals surface area contributed by atoms with Gasteiger partial charge >= 0.3 is 0 Å². The predicted octanol–water partition coefficient (Wildman–Crippen LogP) is 0.309. The number of aromatic amines is 1. The first-order valence-corrected chi connectivity index (χ1v) is 6.45. The number of rotatable bonds is 3. The lowest BCUT2D eigenvalue weighted by Crippen LogP contribution is -2.14. The minimum Gasteiger partial charge on any atom is -0.321 e. The van der Waals surface area contributed by atoms with Gasteiger partial charge < -0.3 is 5.32 Å². The molecule has 0 aliphatic carbocycles. The fraction of sp³-hybridized carbons (Fsp3) is 0. The minimum absolute atomic E-state index is 0.0120. The zero-order chi connectivity index (χ0) is 13.2. The maximum Gasteiger partial charge on any atom is 0.273 e. The Hall–Kier alpha value is -2.19. The summed E-state index contributed by atoms with van der Waals surface area (Å²) in [5.74, 6) is -0.365. The third-order valence-corrected chi connectivity index (χ3v) is 3.12. The number of nitrogens with one attached hydrogen (secondary N) is 2. The topological polar surface area (TPSA) is 118 Å². The molecule has 8 heteroatoms. The van der Waals surface area contributed by atoms with Gasteiger partial charge in [0.05, 0.1) is 4.90 Å². The molecule has 1 aromatic heterocycles. The average molecular weight is 266 g/mol. The summed E-state index contributed by atoms with van der Waals surface area (Å²) in [5, 5.41) is 13.7. The monoisotopic (exact) mass is 266 g/mol. The summed E-state index contributed by atoms with van der Waals surface area (Å²) in [6.07, 6.45) is 1.46. The summed E-state index contributed by atoms with van der Waals surface area (Å²) in [4.78, 5) is 11.6. The second-order valence-corrected chi connectivity index (χ2v) is 5.06. The molecule has 0 unspecified atom stereocenters. The normalized spacial score (nSPS) is 11.2. The maximum absolute atomic E-state index is 11.6. The highest BCUT2D eigenvalue weighted by molar-refractivity contribution is 7.89. The molecule has 94 valence electrons. The Balaban J connectivity index is 2.14. The van der Waals surface area contributed by atoms with Crippen LogP contribution in [-0.2, 0) is 10.0 Å². The Kier molecular flexibility index (Phi) is 3.13. The highest BCUT2D eigenvalue weighted by Gasteiger charge is 2.09. The molecule has 2 aromatic rings. The number of carbonyl (C=O) groups is 1. The van der Waals surface area contributed by atoms with E-state index in [2.05, 4.69) is 15.5 Å². The van der Waals surface area contributed by atoms with Crippen LogP contribution in [-0.4, -0.2) is 24.5 Å². The fourth-order valence-corrected chi connectivity index (χ4v) is 1.82. The number of hydrogen-bond acceptors (Lipinski definition) is 4. The van der Waals surface area contributed by atoms with Crippen molar-refractivity contribution in [2.24, 2.45) is 5.14 Å². The summed E-state index contributed by atoms with van der Waals surface area (Å²) in [5.41, 5.74) is 0.771. The van der Waals surface area contributed by atoms with Crippen molar-refractivity contribution in [2.75, 3.05) is 5.32 Å². The van der Waals surface area contributed by atoms with Crippen LogP contribution in [0.25, 0.3) is 0 Å². The number of anilines is 1. The molecule has 18 heavy (non-hydrogen) atoms. The predicted molar refractivity (Wildman–Crippen MR) is 64.4 cm³/mol. The van der Waals surface area contributed by atoms with Gasteiger partial charge in [0.15, 0.2) is 0 Å². The van der Waals surface area contributed by atoms with Crippen LogP contribution >= 0.6 is 0 Å². The largest absolute Gasteiger partial charge is 0.321 e. The quantitative estimate of drug-likeness (QED) is 0.740.